The number of carboxylic acid groups (broad SMARTS) is 1. The maximum atomic E-state index is 11.3. The number of rotatable bonds is 1. The van der Waals surface area contributed by atoms with E-state index in [0.29, 0.717) is 25.9 Å². The van der Waals surface area contributed by atoms with Crippen LogP contribution in [0.3, 0.4) is 0 Å². The Kier molecular flexibility index (Phi) is 1.95. The van der Waals surface area contributed by atoms with Crippen molar-refractivity contribution >= 4 is 11.9 Å². The maximum absolute atomic E-state index is 11.3. The van der Waals surface area contributed by atoms with Crippen molar-refractivity contribution in [3.8, 4) is 0 Å². The summed E-state index contributed by atoms with van der Waals surface area (Å²) in [5.41, 5.74) is 0. The Labute approximate surface area is 75.7 Å². The fourth-order valence-corrected chi connectivity index (χ4v) is 2.12. The average Bonchev–Trinajstić information content (AvgIpc) is 2.48. The van der Waals surface area contributed by atoms with Gasteiger partial charge in [0.25, 0.3) is 0 Å². The number of carboxylic acids is 1. The Morgan fingerprint density at radius 2 is 2.38 bits per heavy atom. The molecule has 72 valence electrons. The van der Waals surface area contributed by atoms with E-state index in [1.807, 2.05) is 0 Å². The van der Waals surface area contributed by atoms with Crippen molar-refractivity contribution in [3.63, 3.8) is 0 Å². The topological polar surface area (TPSA) is 69.6 Å². The van der Waals surface area contributed by atoms with Gasteiger partial charge in [-0.15, -0.1) is 0 Å². The zero-order valence-electron chi connectivity index (χ0n) is 7.19. The molecule has 5 nitrogen and oxygen atoms in total. The van der Waals surface area contributed by atoms with Crippen molar-refractivity contribution in [1.82, 2.24) is 10.2 Å². The van der Waals surface area contributed by atoms with Crippen LogP contribution in [0.15, 0.2) is 0 Å². The van der Waals surface area contributed by atoms with E-state index in [0.717, 1.165) is 0 Å². The minimum atomic E-state index is -0.857. The number of carbonyl (C=O) groups excluding carboxylic acids is 1. The second-order valence-electron chi connectivity index (χ2n) is 3.46. The number of piperazine rings is 1. The van der Waals surface area contributed by atoms with Crippen molar-refractivity contribution in [3.05, 3.63) is 0 Å². The van der Waals surface area contributed by atoms with Gasteiger partial charge in [0.2, 0.25) is 5.91 Å². The van der Waals surface area contributed by atoms with Crippen molar-refractivity contribution in [1.29, 1.82) is 0 Å². The first-order valence-electron chi connectivity index (χ1n) is 4.46. The van der Waals surface area contributed by atoms with Gasteiger partial charge in [-0.2, -0.15) is 0 Å². The lowest BCUT2D eigenvalue weighted by Crippen LogP contribution is -2.59. The molecule has 2 heterocycles. The van der Waals surface area contributed by atoms with E-state index in [2.05, 4.69) is 5.32 Å². The van der Waals surface area contributed by atoms with Crippen molar-refractivity contribution in [2.45, 2.75) is 24.9 Å². The first-order valence-corrected chi connectivity index (χ1v) is 4.46. The smallest absolute Gasteiger partial charge is 0.322 e. The molecule has 2 aliphatic rings. The van der Waals surface area contributed by atoms with Crippen LogP contribution < -0.4 is 5.32 Å². The highest BCUT2D eigenvalue weighted by atomic mass is 16.4. The van der Waals surface area contributed by atoms with Gasteiger partial charge in [-0.1, -0.05) is 0 Å². The molecule has 0 spiro atoms. The second kappa shape index (κ2) is 2.99. The van der Waals surface area contributed by atoms with Gasteiger partial charge in [-0.3, -0.25) is 9.59 Å². The van der Waals surface area contributed by atoms with Crippen LogP contribution in [0.5, 0.6) is 0 Å². The highest BCUT2D eigenvalue weighted by Gasteiger charge is 2.41. The zero-order valence-corrected chi connectivity index (χ0v) is 7.19. The highest BCUT2D eigenvalue weighted by Crippen LogP contribution is 2.23. The number of nitrogens with zero attached hydrogens (tertiary/aromatic N) is 1. The van der Waals surface area contributed by atoms with Gasteiger partial charge in [0.1, 0.15) is 6.04 Å². The minimum absolute atomic E-state index is 0.0951. The molecule has 0 aromatic carbocycles. The molecule has 0 unspecified atom stereocenters. The van der Waals surface area contributed by atoms with Crippen LogP contribution in [-0.2, 0) is 9.59 Å². The van der Waals surface area contributed by atoms with Gasteiger partial charge in [0, 0.05) is 19.5 Å². The third-order valence-corrected chi connectivity index (χ3v) is 2.74. The molecule has 0 radical (unpaired) electrons. The van der Waals surface area contributed by atoms with E-state index in [1.165, 1.54) is 0 Å². The molecule has 0 aromatic heterocycles. The Morgan fingerprint density at radius 3 is 3.08 bits per heavy atom. The van der Waals surface area contributed by atoms with Crippen LogP contribution in [-0.4, -0.2) is 47.1 Å². The van der Waals surface area contributed by atoms with Gasteiger partial charge < -0.3 is 15.3 Å². The van der Waals surface area contributed by atoms with Crippen LogP contribution in [0.2, 0.25) is 0 Å². The zero-order chi connectivity index (χ0) is 9.42. The van der Waals surface area contributed by atoms with Gasteiger partial charge in [-0.25, -0.2) is 0 Å². The summed E-state index contributed by atoms with van der Waals surface area (Å²) in [6.45, 7) is 1.23. The molecule has 2 N–H and O–H groups in total. The number of hydrogen-bond donors (Lipinski definition) is 2. The third kappa shape index (κ3) is 1.29. The van der Waals surface area contributed by atoms with Crippen molar-refractivity contribution in [2.24, 2.45) is 0 Å². The van der Waals surface area contributed by atoms with E-state index in [9.17, 15) is 9.59 Å². The Hall–Kier alpha value is -1.10. The summed E-state index contributed by atoms with van der Waals surface area (Å²) in [6.07, 6.45) is 1.17. The minimum Gasteiger partial charge on any atom is -0.480 e. The number of hydrogen-bond acceptors (Lipinski definition) is 3. The maximum Gasteiger partial charge on any atom is 0.322 e. The molecular formula is C8H12N2O3. The summed E-state index contributed by atoms with van der Waals surface area (Å²) in [5.74, 6) is -0.762. The normalized spacial score (nSPS) is 33.2. The lowest BCUT2D eigenvalue weighted by atomic mass is 10.0. The molecule has 2 aliphatic heterocycles. The molecule has 0 bridgehead atoms. The lowest BCUT2D eigenvalue weighted by molar-refractivity contribution is -0.143. The standard InChI is InChI=1S/C8H12N2O3/c11-6-2-1-5-7(8(12)13)9-3-4-10(5)6/h5,7,9H,1-4H2,(H,12,13)/t5-,7-/m1/s1. The second-order valence-corrected chi connectivity index (χ2v) is 3.46. The first kappa shape index (κ1) is 8.50. The van der Waals surface area contributed by atoms with Gasteiger partial charge in [-0.05, 0) is 6.42 Å². The average molecular weight is 184 g/mol. The van der Waals surface area contributed by atoms with Crippen LogP contribution in [0.4, 0.5) is 0 Å². The summed E-state index contributed by atoms with van der Waals surface area (Å²) in [5, 5.41) is 11.8. The largest absolute Gasteiger partial charge is 0.480 e. The SMILES string of the molecule is O=C(O)[C@@H]1NCCN2C(=O)CC[C@H]12. The predicted octanol–water partition coefficient (Wildman–Crippen LogP) is -0.966. The molecule has 5 heteroatoms. The summed E-state index contributed by atoms with van der Waals surface area (Å²) < 4.78 is 0. The molecule has 2 saturated heterocycles. The molecule has 13 heavy (non-hydrogen) atoms. The van der Waals surface area contributed by atoms with E-state index < -0.39 is 12.0 Å². The monoisotopic (exact) mass is 184 g/mol. The van der Waals surface area contributed by atoms with Crippen LogP contribution in [0.25, 0.3) is 0 Å². The van der Waals surface area contributed by atoms with Crippen molar-refractivity contribution < 1.29 is 14.7 Å². The number of fused-ring (bicyclic) bond motifs is 1. The molecule has 2 rings (SSSR count). The van der Waals surface area contributed by atoms with E-state index >= 15 is 0 Å². The van der Waals surface area contributed by atoms with E-state index in [4.69, 9.17) is 5.11 Å². The highest BCUT2D eigenvalue weighted by molar-refractivity contribution is 5.82. The first-order chi connectivity index (χ1) is 6.20. The van der Waals surface area contributed by atoms with E-state index in [-0.39, 0.29) is 11.9 Å². The van der Waals surface area contributed by atoms with E-state index in [1.54, 1.807) is 4.90 Å². The molecule has 0 saturated carbocycles. The summed E-state index contributed by atoms with van der Waals surface area (Å²) in [7, 11) is 0. The quantitative estimate of drug-likeness (QED) is 0.550. The van der Waals surface area contributed by atoms with Crippen molar-refractivity contribution in [2.75, 3.05) is 13.1 Å². The summed E-state index contributed by atoms with van der Waals surface area (Å²) in [4.78, 5) is 23.8. The van der Waals surface area contributed by atoms with Gasteiger partial charge in [0.05, 0.1) is 6.04 Å². The Balaban J connectivity index is 2.16. The van der Waals surface area contributed by atoms with Gasteiger partial charge >= 0.3 is 5.97 Å². The van der Waals surface area contributed by atoms with Gasteiger partial charge in [0.15, 0.2) is 0 Å². The van der Waals surface area contributed by atoms with Crippen LogP contribution in [0.1, 0.15) is 12.8 Å². The van der Waals surface area contributed by atoms with Crippen LogP contribution >= 0.6 is 0 Å². The summed E-state index contributed by atoms with van der Waals surface area (Å²) in [6, 6.07) is -0.695. The number of amides is 1. The molecule has 1 amide bonds. The molecule has 0 aromatic rings. The fraction of sp³-hybridized carbons (Fsp3) is 0.750. The summed E-state index contributed by atoms with van der Waals surface area (Å²) >= 11 is 0. The lowest BCUT2D eigenvalue weighted by Gasteiger charge is -2.35. The molecule has 2 atom stereocenters. The fourth-order valence-electron chi connectivity index (χ4n) is 2.12. The third-order valence-electron chi connectivity index (χ3n) is 2.74. The number of carbonyl (C=O) groups is 2. The molecular weight excluding hydrogens is 172 g/mol. The number of aliphatic carboxylic acids is 1. The molecule has 2 fully saturated rings. The predicted molar refractivity (Wildman–Crippen MR) is 44.2 cm³/mol. The Morgan fingerprint density at radius 1 is 1.62 bits per heavy atom. The van der Waals surface area contributed by atoms with Crippen LogP contribution in [0, 0.1) is 0 Å². The molecule has 0 aliphatic carbocycles. The Bertz CT molecular complexity index is 254. The number of nitrogens with one attached hydrogen (secondary N) is 1.